The molecular formula is C12H22N2O. The van der Waals surface area contributed by atoms with E-state index in [1.165, 1.54) is 38.5 Å². The van der Waals surface area contributed by atoms with Crippen LogP contribution in [0, 0.1) is 5.92 Å². The molecule has 1 N–H and O–H groups in total. The van der Waals surface area contributed by atoms with Gasteiger partial charge in [-0.2, -0.15) is 0 Å². The quantitative estimate of drug-likeness (QED) is 0.708. The van der Waals surface area contributed by atoms with Crippen LogP contribution >= 0.6 is 0 Å². The minimum atomic E-state index is 0.161. The third-order valence-electron chi connectivity index (χ3n) is 3.83. The standard InChI is InChI=1S/C12H22N2O/c1-2-13-12(15)14-9-5-7-10-6-3-4-8-11(10)14/h10-11H,2-9H2,1H3,(H,13,15)/t10-,11-/m1/s1. The normalized spacial score (nSPS) is 30.9. The van der Waals surface area contributed by atoms with Gasteiger partial charge in [-0.25, -0.2) is 4.79 Å². The third kappa shape index (κ3) is 2.27. The number of piperidine rings is 1. The highest BCUT2D eigenvalue weighted by Gasteiger charge is 2.35. The van der Waals surface area contributed by atoms with Gasteiger partial charge in [-0.3, -0.25) is 0 Å². The molecule has 0 bridgehead atoms. The molecule has 0 aromatic heterocycles. The number of hydrogen-bond acceptors (Lipinski definition) is 1. The number of carbonyl (C=O) groups excluding carboxylic acids is 1. The molecule has 1 aliphatic carbocycles. The minimum absolute atomic E-state index is 0.161. The highest BCUT2D eigenvalue weighted by atomic mass is 16.2. The van der Waals surface area contributed by atoms with Crippen molar-refractivity contribution in [2.24, 2.45) is 5.92 Å². The minimum Gasteiger partial charge on any atom is -0.338 e. The van der Waals surface area contributed by atoms with E-state index in [9.17, 15) is 4.79 Å². The Bertz CT molecular complexity index is 228. The van der Waals surface area contributed by atoms with Crippen LogP contribution in [-0.4, -0.2) is 30.1 Å². The fourth-order valence-corrected chi connectivity index (χ4v) is 3.13. The van der Waals surface area contributed by atoms with Crippen molar-refractivity contribution in [3.05, 3.63) is 0 Å². The average molecular weight is 210 g/mol. The lowest BCUT2D eigenvalue weighted by Gasteiger charge is -2.43. The maximum atomic E-state index is 11.9. The van der Waals surface area contributed by atoms with E-state index >= 15 is 0 Å². The molecule has 0 spiro atoms. The molecule has 0 unspecified atom stereocenters. The second-order valence-corrected chi connectivity index (χ2v) is 4.78. The van der Waals surface area contributed by atoms with Crippen LogP contribution in [0.5, 0.6) is 0 Å². The zero-order valence-electron chi connectivity index (χ0n) is 9.67. The lowest BCUT2D eigenvalue weighted by molar-refractivity contribution is 0.0845. The van der Waals surface area contributed by atoms with Gasteiger partial charge in [0.15, 0.2) is 0 Å². The SMILES string of the molecule is CCNC(=O)N1CCC[C@H]2CCCC[C@H]21. The molecule has 2 amide bonds. The van der Waals surface area contributed by atoms with E-state index in [1.54, 1.807) is 0 Å². The van der Waals surface area contributed by atoms with Crippen molar-refractivity contribution in [1.82, 2.24) is 10.2 Å². The van der Waals surface area contributed by atoms with Gasteiger partial charge in [0.25, 0.3) is 0 Å². The molecule has 2 fully saturated rings. The van der Waals surface area contributed by atoms with Crippen molar-refractivity contribution in [3.63, 3.8) is 0 Å². The topological polar surface area (TPSA) is 32.3 Å². The largest absolute Gasteiger partial charge is 0.338 e. The number of likely N-dealkylation sites (tertiary alicyclic amines) is 1. The molecule has 1 aliphatic heterocycles. The molecular weight excluding hydrogens is 188 g/mol. The van der Waals surface area contributed by atoms with Gasteiger partial charge in [-0.05, 0) is 38.5 Å². The second-order valence-electron chi connectivity index (χ2n) is 4.78. The number of nitrogens with one attached hydrogen (secondary N) is 1. The Kier molecular flexibility index (Phi) is 3.49. The fraction of sp³-hybridized carbons (Fsp3) is 0.917. The highest BCUT2D eigenvalue weighted by molar-refractivity contribution is 5.74. The van der Waals surface area contributed by atoms with Crippen molar-refractivity contribution in [2.45, 2.75) is 51.5 Å². The van der Waals surface area contributed by atoms with Crippen molar-refractivity contribution in [1.29, 1.82) is 0 Å². The van der Waals surface area contributed by atoms with E-state index in [2.05, 4.69) is 10.2 Å². The number of urea groups is 1. The summed E-state index contributed by atoms with van der Waals surface area (Å²) in [6.45, 7) is 3.69. The van der Waals surface area contributed by atoms with Crippen LogP contribution in [0.4, 0.5) is 4.79 Å². The zero-order valence-corrected chi connectivity index (χ0v) is 9.67. The maximum Gasteiger partial charge on any atom is 0.317 e. The van der Waals surface area contributed by atoms with Crippen molar-refractivity contribution in [2.75, 3.05) is 13.1 Å². The summed E-state index contributed by atoms with van der Waals surface area (Å²) >= 11 is 0. The van der Waals surface area contributed by atoms with Crippen LogP contribution < -0.4 is 5.32 Å². The van der Waals surface area contributed by atoms with Crippen LogP contribution in [0.1, 0.15) is 45.4 Å². The van der Waals surface area contributed by atoms with Gasteiger partial charge in [-0.15, -0.1) is 0 Å². The Morgan fingerprint density at radius 1 is 1.27 bits per heavy atom. The first-order valence-corrected chi connectivity index (χ1v) is 6.37. The predicted molar refractivity (Wildman–Crippen MR) is 60.8 cm³/mol. The summed E-state index contributed by atoms with van der Waals surface area (Å²) < 4.78 is 0. The monoisotopic (exact) mass is 210 g/mol. The number of carbonyl (C=O) groups is 1. The molecule has 0 aromatic rings. The molecule has 0 radical (unpaired) electrons. The van der Waals surface area contributed by atoms with Crippen molar-refractivity contribution in [3.8, 4) is 0 Å². The summed E-state index contributed by atoms with van der Waals surface area (Å²) in [4.78, 5) is 14.0. The van der Waals surface area contributed by atoms with Crippen LogP contribution in [0.2, 0.25) is 0 Å². The first-order chi connectivity index (χ1) is 7.33. The Labute approximate surface area is 92.2 Å². The summed E-state index contributed by atoms with van der Waals surface area (Å²) in [6, 6.07) is 0.702. The molecule has 1 saturated heterocycles. The molecule has 2 aliphatic rings. The van der Waals surface area contributed by atoms with Gasteiger partial charge in [-0.1, -0.05) is 12.8 Å². The van der Waals surface area contributed by atoms with E-state index in [4.69, 9.17) is 0 Å². The van der Waals surface area contributed by atoms with Crippen LogP contribution in [0.25, 0.3) is 0 Å². The Hall–Kier alpha value is -0.730. The summed E-state index contributed by atoms with van der Waals surface area (Å²) in [5.41, 5.74) is 0. The summed E-state index contributed by atoms with van der Waals surface area (Å²) in [5.74, 6) is 0.787. The van der Waals surface area contributed by atoms with Gasteiger partial charge >= 0.3 is 6.03 Å². The molecule has 1 heterocycles. The van der Waals surface area contributed by atoms with Crippen LogP contribution in [0.15, 0.2) is 0 Å². The van der Waals surface area contributed by atoms with Crippen molar-refractivity contribution < 1.29 is 4.79 Å². The van der Waals surface area contributed by atoms with Gasteiger partial charge in [0.1, 0.15) is 0 Å². The number of hydrogen-bond donors (Lipinski definition) is 1. The molecule has 2 rings (SSSR count). The number of amides is 2. The average Bonchev–Trinajstić information content (AvgIpc) is 2.28. The first kappa shape index (κ1) is 10.8. The molecule has 86 valence electrons. The van der Waals surface area contributed by atoms with E-state index in [0.29, 0.717) is 6.04 Å². The second kappa shape index (κ2) is 4.86. The van der Waals surface area contributed by atoms with E-state index in [0.717, 1.165) is 19.0 Å². The lowest BCUT2D eigenvalue weighted by Crippen LogP contribution is -2.53. The summed E-state index contributed by atoms with van der Waals surface area (Å²) in [6.07, 6.45) is 7.75. The van der Waals surface area contributed by atoms with Crippen molar-refractivity contribution >= 4 is 6.03 Å². The van der Waals surface area contributed by atoms with E-state index in [-0.39, 0.29) is 6.03 Å². The van der Waals surface area contributed by atoms with Gasteiger partial charge in [0.05, 0.1) is 0 Å². The molecule has 15 heavy (non-hydrogen) atoms. The Morgan fingerprint density at radius 3 is 2.80 bits per heavy atom. The molecule has 1 saturated carbocycles. The van der Waals surface area contributed by atoms with Gasteiger partial charge < -0.3 is 10.2 Å². The molecule has 2 atom stereocenters. The molecule has 3 nitrogen and oxygen atoms in total. The Morgan fingerprint density at radius 2 is 2.00 bits per heavy atom. The first-order valence-electron chi connectivity index (χ1n) is 6.37. The van der Waals surface area contributed by atoms with Gasteiger partial charge in [0.2, 0.25) is 0 Å². The number of nitrogens with zero attached hydrogens (tertiary/aromatic N) is 1. The third-order valence-corrected chi connectivity index (χ3v) is 3.83. The number of fused-ring (bicyclic) bond motifs is 1. The number of rotatable bonds is 1. The zero-order chi connectivity index (χ0) is 10.7. The van der Waals surface area contributed by atoms with E-state index in [1.807, 2.05) is 6.92 Å². The van der Waals surface area contributed by atoms with Crippen LogP contribution in [0.3, 0.4) is 0 Å². The fourth-order valence-electron chi connectivity index (χ4n) is 3.13. The van der Waals surface area contributed by atoms with E-state index < -0.39 is 0 Å². The summed E-state index contributed by atoms with van der Waals surface area (Å²) in [7, 11) is 0. The lowest BCUT2D eigenvalue weighted by atomic mass is 9.78. The van der Waals surface area contributed by atoms with Crippen LogP contribution in [-0.2, 0) is 0 Å². The molecule has 0 aromatic carbocycles. The smallest absolute Gasteiger partial charge is 0.317 e. The highest BCUT2D eigenvalue weighted by Crippen LogP contribution is 2.35. The van der Waals surface area contributed by atoms with Gasteiger partial charge in [0, 0.05) is 19.1 Å². The Balaban J connectivity index is 2.00. The summed E-state index contributed by atoms with van der Waals surface area (Å²) in [5, 5.41) is 2.94. The predicted octanol–water partition coefficient (Wildman–Crippen LogP) is 2.37. The maximum absolute atomic E-state index is 11.9. The molecule has 3 heteroatoms.